The van der Waals surface area contributed by atoms with Crippen LogP contribution in [-0.2, 0) is 12.6 Å². The van der Waals surface area contributed by atoms with E-state index in [0.29, 0.717) is 6.07 Å². The average Bonchev–Trinajstić information content (AvgIpc) is 2.26. The van der Waals surface area contributed by atoms with Gasteiger partial charge >= 0.3 is 6.18 Å². The van der Waals surface area contributed by atoms with Gasteiger partial charge in [-0.3, -0.25) is 10.1 Å². The summed E-state index contributed by atoms with van der Waals surface area (Å²) in [5.41, 5.74) is -1.68. The lowest BCUT2D eigenvalue weighted by Crippen LogP contribution is -2.23. The number of benzene rings is 1. The number of halogens is 4. The highest BCUT2D eigenvalue weighted by atomic mass is 35.5. The first-order valence-electron chi connectivity index (χ1n) is 5.91. The van der Waals surface area contributed by atoms with E-state index in [4.69, 9.17) is 11.6 Å². The van der Waals surface area contributed by atoms with Crippen LogP contribution in [0.3, 0.4) is 0 Å². The fourth-order valence-corrected chi connectivity index (χ4v) is 1.75. The van der Waals surface area contributed by atoms with E-state index in [1.807, 2.05) is 20.8 Å². The molecule has 7 heteroatoms. The third-order valence-corrected chi connectivity index (χ3v) is 3.76. The Balaban J connectivity index is 3.18. The molecule has 0 amide bonds. The van der Waals surface area contributed by atoms with Gasteiger partial charge in [0.05, 0.1) is 10.5 Å². The summed E-state index contributed by atoms with van der Waals surface area (Å²) in [7, 11) is 0. The van der Waals surface area contributed by atoms with Crippen LogP contribution < -0.4 is 0 Å². The molecule has 1 unspecified atom stereocenters. The number of hydrogen-bond donors (Lipinski definition) is 0. The summed E-state index contributed by atoms with van der Waals surface area (Å²) >= 11 is 6.15. The van der Waals surface area contributed by atoms with Crippen molar-refractivity contribution in [2.75, 3.05) is 0 Å². The molecule has 1 rings (SSSR count). The Morgan fingerprint density at radius 2 is 1.85 bits per heavy atom. The smallest absolute Gasteiger partial charge is 0.258 e. The van der Waals surface area contributed by atoms with Gasteiger partial charge in [0.1, 0.15) is 0 Å². The van der Waals surface area contributed by atoms with Crippen LogP contribution in [0.2, 0.25) is 0 Å². The molecule has 20 heavy (non-hydrogen) atoms. The molecule has 0 saturated carbocycles. The first-order chi connectivity index (χ1) is 8.93. The minimum atomic E-state index is -4.60. The molecule has 0 saturated heterocycles. The van der Waals surface area contributed by atoms with Gasteiger partial charge in [-0.1, -0.05) is 26.8 Å². The second-order valence-corrected chi connectivity index (χ2v) is 6.16. The Labute approximate surface area is 119 Å². The number of nitro groups is 1. The van der Waals surface area contributed by atoms with Crippen molar-refractivity contribution in [1.82, 2.24) is 0 Å². The lowest BCUT2D eigenvalue weighted by molar-refractivity contribution is -0.385. The van der Waals surface area contributed by atoms with Crippen LogP contribution in [0.1, 0.15) is 31.9 Å². The first kappa shape index (κ1) is 16.8. The van der Waals surface area contributed by atoms with Crippen LogP contribution in [0.15, 0.2) is 18.2 Å². The monoisotopic (exact) mass is 309 g/mol. The molecule has 112 valence electrons. The van der Waals surface area contributed by atoms with Gasteiger partial charge in [0.25, 0.3) is 5.69 Å². The number of rotatable bonds is 3. The third-order valence-electron chi connectivity index (χ3n) is 2.95. The highest BCUT2D eigenvalue weighted by molar-refractivity contribution is 6.21. The molecule has 0 aliphatic heterocycles. The summed E-state index contributed by atoms with van der Waals surface area (Å²) in [5.74, 6) is 0. The van der Waals surface area contributed by atoms with E-state index in [0.717, 1.165) is 12.1 Å². The summed E-state index contributed by atoms with van der Waals surface area (Å²) in [6.45, 7) is 5.59. The molecule has 0 aromatic heterocycles. The second-order valence-electron chi connectivity index (χ2n) is 5.64. The largest absolute Gasteiger partial charge is 0.416 e. The molecular formula is C13H15ClF3NO2. The third kappa shape index (κ3) is 4.10. The SMILES string of the molecule is CC(C)(C)C(Cl)Cc1ccc(C(F)(F)F)cc1[N+](=O)[O-]. The van der Waals surface area contributed by atoms with Crippen molar-refractivity contribution in [1.29, 1.82) is 0 Å². The summed E-state index contributed by atoms with van der Waals surface area (Å²) in [6, 6.07) is 2.53. The molecule has 0 heterocycles. The lowest BCUT2D eigenvalue weighted by Gasteiger charge is -2.25. The number of nitrogens with zero attached hydrogens (tertiary/aromatic N) is 1. The fraction of sp³-hybridized carbons (Fsp3) is 0.538. The molecule has 0 aliphatic rings. The van der Waals surface area contributed by atoms with Crippen molar-refractivity contribution in [3.8, 4) is 0 Å². The molecule has 0 radical (unpaired) electrons. The van der Waals surface area contributed by atoms with Crippen LogP contribution in [0.4, 0.5) is 18.9 Å². The minimum Gasteiger partial charge on any atom is -0.258 e. The highest BCUT2D eigenvalue weighted by Gasteiger charge is 2.33. The Morgan fingerprint density at radius 3 is 2.25 bits per heavy atom. The van der Waals surface area contributed by atoms with Crippen molar-refractivity contribution >= 4 is 17.3 Å². The molecule has 1 aromatic rings. The first-order valence-corrected chi connectivity index (χ1v) is 6.35. The Kier molecular flexibility index (Phi) is 4.69. The van der Waals surface area contributed by atoms with Gasteiger partial charge in [0.2, 0.25) is 0 Å². The zero-order chi connectivity index (χ0) is 15.7. The Bertz CT molecular complexity index is 509. The summed E-state index contributed by atoms with van der Waals surface area (Å²) < 4.78 is 37.7. The van der Waals surface area contributed by atoms with Gasteiger partial charge in [-0.05, 0) is 17.9 Å². The molecule has 0 aliphatic carbocycles. The molecule has 1 atom stereocenters. The maximum absolute atomic E-state index is 12.6. The predicted octanol–water partition coefficient (Wildman–Crippen LogP) is 4.81. The minimum absolute atomic E-state index is 0.138. The highest BCUT2D eigenvalue weighted by Crippen LogP contribution is 2.35. The zero-order valence-corrected chi connectivity index (χ0v) is 12.0. The van der Waals surface area contributed by atoms with Crippen LogP contribution in [0.5, 0.6) is 0 Å². The molecule has 1 aromatic carbocycles. The maximum atomic E-state index is 12.6. The van der Waals surface area contributed by atoms with Gasteiger partial charge in [-0.2, -0.15) is 13.2 Å². The Hall–Kier alpha value is -1.30. The maximum Gasteiger partial charge on any atom is 0.416 e. The van der Waals surface area contributed by atoms with Crippen molar-refractivity contribution < 1.29 is 18.1 Å². The van der Waals surface area contributed by atoms with Gasteiger partial charge in [-0.15, -0.1) is 11.6 Å². The molecule has 3 nitrogen and oxygen atoms in total. The summed E-state index contributed by atoms with van der Waals surface area (Å²) in [4.78, 5) is 10.1. The van der Waals surface area contributed by atoms with E-state index in [1.54, 1.807) is 0 Å². The normalized spacial score (nSPS) is 14.2. The van der Waals surface area contributed by atoms with E-state index in [-0.39, 0.29) is 17.4 Å². The van der Waals surface area contributed by atoms with Crippen LogP contribution >= 0.6 is 11.6 Å². The van der Waals surface area contributed by atoms with Crippen molar-refractivity contribution in [2.45, 2.75) is 38.7 Å². The summed E-state index contributed by atoms with van der Waals surface area (Å²) in [6.07, 6.45) is -4.47. The van der Waals surface area contributed by atoms with Crippen molar-refractivity contribution in [2.24, 2.45) is 5.41 Å². The number of hydrogen-bond acceptors (Lipinski definition) is 2. The predicted molar refractivity (Wildman–Crippen MR) is 70.9 cm³/mol. The van der Waals surface area contributed by atoms with Crippen molar-refractivity contribution in [3.05, 3.63) is 39.4 Å². The molecule has 0 N–H and O–H groups in total. The average molecular weight is 310 g/mol. The summed E-state index contributed by atoms with van der Waals surface area (Å²) in [5, 5.41) is 10.5. The second kappa shape index (κ2) is 5.60. The molecule has 0 fully saturated rings. The van der Waals surface area contributed by atoms with E-state index < -0.39 is 27.7 Å². The van der Waals surface area contributed by atoms with Crippen LogP contribution in [0.25, 0.3) is 0 Å². The lowest BCUT2D eigenvalue weighted by atomic mass is 9.87. The van der Waals surface area contributed by atoms with E-state index in [9.17, 15) is 23.3 Å². The molecule has 0 spiro atoms. The van der Waals surface area contributed by atoms with Crippen LogP contribution in [-0.4, -0.2) is 10.3 Å². The molecule has 0 bridgehead atoms. The zero-order valence-electron chi connectivity index (χ0n) is 11.3. The van der Waals surface area contributed by atoms with E-state index in [1.165, 1.54) is 0 Å². The molecular weight excluding hydrogens is 295 g/mol. The fourth-order valence-electron chi connectivity index (χ4n) is 1.58. The topological polar surface area (TPSA) is 43.1 Å². The van der Waals surface area contributed by atoms with Crippen molar-refractivity contribution in [3.63, 3.8) is 0 Å². The van der Waals surface area contributed by atoms with E-state index in [2.05, 4.69) is 0 Å². The Morgan fingerprint density at radius 1 is 1.30 bits per heavy atom. The standard InChI is InChI=1S/C13H15ClF3NO2/c1-12(2,3)11(14)6-8-4-5-9(13(15,16)17)7-10(8)18(19)20/h4-5,7,11H,6H2,1-3H3. The number of alkyl halides is 4. The van der Waals surface area contributed by atoms with Gasteiger partial charge in [-0.25, -0.2) is 0 Å². The number of nitro benzene ring substituents is 1. The quantitative estimate of drug-likeness (QED) is 0.457. The van der Waals surface area contributed by atoms with Gasteiger partial charge in [0, 0.05) is 17.0 Å². The van der Waals surface area contributed by atoms with Crippen LogP contribution in [0, 0.1) is 15.5 Å². The van der Waals surface area contributed by atoms with Gasteiger partial charge < -0.3 is 0 Å². The van der Waals surface area contributed by atoms with Gasteiger partial charge in [0.15, 0.2) is 0 Å². The van der Waals surface area contributed by atoms with E-state index >= 15 is 0 Å².